The van der Waals surface area contributed by atoms with Gasteiger partial charge in [-0.05, 0) is 49.0 Å². The molecule has 4 heteroatoms. The van der Waals surface area contributed by atoms with Crippen molar-refractivity contribution < 1.29 is 0 Å². The number of aryl methyl sites for hydroxylation is 1. The fraction of sp³-hybridized carbons (Fsp3) is 0.353. The molecule has 0 aliphatic carbocycles. The van der Waals surface area contributed by atoms with Crippen LogP contribution in [0.5, 0.6) is 0 Å². The summed E-state index contributed by atoms with van der Waals surface area (Å²) >= 11 is 0. The van der Waals surface area contributed by atoms with Gasteiger partial charge in [-0.1, -0.05) is 6.07 Å². The van der Waals surface area contributed by atoms with Crippen LogP contribution in [0.25, 0.3) is 10.9 Å². The van der Waals surface area contributed by atoms with Gasteiger partial charge in [0.2, 0.25) is 0 Å². The van der Waals surface area contributed by atoms with E-state index in [1.165, 1.54) is 22.9 Å². The van der Waals surface area contributed by atoms with E-state index in [0.29, 0.717) is 5.92 Å². The minimum Gasteiger partial charge on any atom is -0.361 e. The number of nitrogens with one attached hydrogen (secondary N) is 2. The van der Waals surface area contributed by atoms with Gasteiger partial charge in [0.05, 0.1) is 0 Å². The maximum Gasteiger partial charge on any atom is 0.110 e. The summed E-state index contributed by atoms with van der Waals surface area (Å²) in [5.74, 6) is 1.70. The van der Waals surface area contributed by atoms with Crippen LogP contribution < -0.4 is 0 Å². The van der Waals surface area contributed by atoms with Crippen molar-refractivity contribution in [3.63, 3.8) is 0 Å². The predicted octanol–water partition coefficient (Wildman–Crippen LogP) is 3.19. The lowest BCUT2D eigenvalue weighted by Crippen LogP contribution is -2.19. The van der Waals surface area contributed by atoms with E-state index in [1.54, 1.807) is 0 Å². The van der Waals surface area contributed by atoms with E-state index < -0.39 is 0 Å². The Balaban J connectivity index is 1.46. The van der Waals surface area contributed by atoms with Gasteiger partial charge in [-0.25, -0.2) is 4.98 Å². The summed E-state index contributed by atoms with van der Waals surface area (Å²) in [5, 5.41) is 1.30. The molecule has 0 spiro atoms. The van der Waals surface area contributed by atoms with Gasteiger partial charge < -0.3 is 9.97 Å². The Morgan fingerprint density at radius 3 is 3.14 bits per heavy atom. The topological polar surface area (TPSA) is 47.7 Å². The molecule has 1 aromatic carbocycles. The maximum absolute atomic E-state index is 4.49. The second-order valence-electron chi connectivity index (χ2n) is 6.07. The van der Waals surface area contributed by atoms with Crippen molar-refractivity contribution >= 4 is 10.9 Å². The minimum atomic E-state index is 0.551. The maximum atomic E-state index is 4.49. The van der Waals surface area contributed by atoms with Gasteiger partial charge in [0.25, 0.3) is 0 Å². The number of benzene rings is 1. The first-order valence-corrected chi connectivity index (χ1v) is 7.58. The molecule has 1 aliphatic heterocycles. The highest BCUT2D eigenvalue weighted by molar-refractivity contribution is 5.79. The van der Waals surface area contributed by atoms with E-state index in [9.17, 15) is 0 Å². The smallest absolute Gasteiger partial charge is 0.110 e. The molecule has 1 atom stereocenters. The monoisotopic (exact) mass is 280 g/mol. The van der Waals surface area contributed by atoms with Gasteiger partial charge in [0.1, 0.15) is 5.82 Å². The lowest BCUT2D eigenvalue weighted by molar-refractivity contribution is 0.326. The van der Waals surface area contributed by atoms with Crippen LogP contribution in [0.3, 0.4) is 0 Å². The Morgan fingerprint density at radius 1 is 1.33 bits per heavy atom. The molecule has 108 valence electrons. The fourth-order valence-electron chi connectivity index (χ4n) is 3.30. The van der Waals surface area contributed by atoms with E-state index in [2.05, 4.69) is 51.0 Å². The van der Waals surface area contributed by atoms with Gasteiger partial charge in [0.15, 0.2) is 0 Å². The van der Waals surface area contributed by atoms with E-state index in [1.807, 2.05) is 12.4 Å². The second-order valence-corrected chi connectivity index (χ2v) is 6.07. The summed E-state index contributed by atoms with van der Waals surface area (Å²) in [6, 6.07) is 8.82. The normalized spacial score (nSPS) is 19.6. The summed E-state index contributed by atoms with van der Waals surface area (Å²) < 4.78 is 0. The van der Waals surface area contributed by atoms with Gasteiger partial charge in [-0.2, -0.15) is 0 Å². The first-order valence-electron chi connectivity index (χ1n) is 7.58. The molecule has 2 N–H and O–H groups in total. The highest BCUT2D eigenvalue weighted by atomic mass is 15.2. The molecule has 2 aromatic heterocycles. The number of H-pyrrole nitrogens is 2. The Bertz CT molecular complexity index is 755. The van der Waals surface area contributed by atoms with Gasteiger partial charge in [0, 0.05) is 42.6 Å². The molecule has 3 aromatic rings. The largest absolute Gasteiger partial charge is 0.361 e. The fourth-order valence-corrected chi connectivity index (χ4v) is 3.30. The Hall–Kier alpha value is -2.07. The Labute approximate surface area is 124 Å². The van der Waals surface area contributed by atoms with Crippen molar-refractivity contribution in [3.8, 4) is 0 Å². The zero-order valence-corrected chi connectivity index (χ0v) is 12.3. The standard InChI is InChI=1S/C17H20N4/c1-12-9-19-17(20-12)15-5-7-21(11-15)10-13-2-3-16-14(8-13)4-6-18-16/h2-4,6,8-9,15,18H,5,7,10-11H2,1H3,(H,19,20)/t15-/m0/s1. The molecule has 0 saturated carbocycles. The van der Waals surface area contributed by atoms with Crippen LogP contribution in [0.2, 0.25) is 0 Å². The summed E-state index contributed by atoms with van der Waals surface area (Å²) in [5.41, 5.74) is 3.75. The van der Waals surface area contributed by atoms with E-state index in [-0.39, 0.29) is 0 Å². The number of aromatic amines is 2. The summed E-state index contributed by atoms with van der Waals surface area (Å²) in [7, 11) is 0. The van der Waals surface area contributed by atoms with Crippen LogP contribution in [0, 0.1) is 6.92 Å². The van der Waals surface area contributed by atoms with E-state index >= 15 is 0 Å². The van der Waals surface area contributed by atoms with Gasteiger partial charge >= 0.3 is 0 Å². The molecule has 4 rings (SSSR count). The first-order chi connectivity index (χ1) is 10.3. The average Bonchev–Trinajstić information content (AvgIpc) is 3.18. The summed E-state index contributed by atoms with van der Waals surface area (Å²) in [4.78, 5) is 13.6. The molecule has 0 unspecified atom stereocenters. The highest BCUT2D eigenvalue weighted by Crippen LogP contribution is 2.26. The van der Waals surface area contributed by atoms with E-state index in [0.717, 1.165) is 31.2 Å². The lowest BCUT2D eigenvalue weighted by Gasteiger charge is -2.15. The molecule has 3 heterocycles. The summed E-state index contributed by atoms with van der Waals surface area (Å²) in [6.45, 7) is 5.33. The molecular formula is C17H20N4. The SMILES string of the molecule is Cc1cnc([C@H]2CCN(Cc3ccc4[nH]ccc4c3)C2)[nH]1. The van der Waals surface area contributed by atoms with Crippen LogP contribution in [-0.4, -0.2) is 32.9 Å². The summed E-state index contributed by atoms with van der Waals surface area (Å²) in [6.07, 6.45) is 5.12. The van der Waals surface area contributed by atoms with Crippen molar-refractivity contribution in [1.29, 1.82) is 0 Å². The van der Waals surface area contributed by atoms with Crippen LogP contribution in [0.15, 0.2) is 36.7 Å². The Kier molecular flexibility index (Phi) is 3.04. The number of aromatic nitrogens is 3. The molecule has 1 aliphatic rings. The van der Waals surface area contributed by atoms with E-state index in [4.69, 9.17) is 0 Å². The number of likely N-dealkylation sites (tertiary alicyclic amines) is 1. The number of nitrogens with zero attached hydrogens (tertiary/aromatic N) is 2. The van der Waals surface area contributed by atoms with Gasteiger partial charge in [-0.3, -0.25) is 4.90 Å². The molecule has 0 radical (unpaired) electrons. The van der Waals surface area contributed by atoms with Crippen LogP contribution in [0.1, 0.15) is 29.4 Å². The number of hydrogen-bond donors (Lipinski definition) is 2. The number of rotatable bonds is 3. The van der Waals surface area contributed by atoms with Crippen LogP contribution in [0.4, 0.5) is 0 Å². The third-order valence-electron chi connectivity index (χ3n) is 4.41. The zero-order chi connectivity index (χ0) is 14.2. The third-order valence-corrected chi connectivity index (χ3v) is 4.41. The average molecular weight is 280 g/mol. The third kappa shape index (κ3) is 2.47. The molecule has 1 saturated heterocycles. The molecule has 1 fully saturated rings. The minimum absolute atomic E-state index is 0.551. The van der Waals surface area contributed by atoms with Crippen molar-refractivity contribution in [2.75, 3.05) is 13.1 Å². The molecule has 0 bridgehead atoms. The molecule has 21 heavy (non-hydrogen) atoms. The first kappa shape index (κ1) is 12.7. The lowest BCUT2D eigenvalue weighted by atomic mass is 10.1. The predicted molar refractivity (Wildman–Crippen MR) is 84.3 cm³/mol. The number of fused-ring (bicyclic) bond motifs is 1. The van der Waals surface area contributed by atoms with Crippen molar-refractivity contribution in [1.82, 2.24) is 19.9 Å². The molecule has 0 amide bonds. The zero-order valence-electron chi connectivity index (χ0n) is 12.3. The van der Waals surface area contributed by atoms with Crippen molar-refractivity contribution in [3.05, 3.63) is 53.7 Å². The second kappa shape index (κ2) is 5.04. The molecule has 4 nitrogen and oxygen atoms in total. The molecular weight excluding hydrogens is 260 g/mol. The van der Waals surface area contributed by atoms with Crippen molar-refractivity contribution in [2.24, 2.45) is 0 Å². The van der Waals surface area contributed by atoms with Crippen LogP contribution in [-0.2, 0) is 6.54 Å². The number of imidazole rings is 1. The highest BCUT2D eigenvalue weighted by Gasteiger charge is 2.25. The van der Waals surface area contributed by atoms with Crippen molar-refractivity contribution in [2.45, 2.75) is 25.8 Å². The van der Waals surface area contributed by atoms with Gasteiger partial charge in [-0.15, -0.1) is 0 Å². The van der Waals surface area contributed by atoms with Crippen LogP contribution >= 0.6 is 0 Å². The Morgan fingerprint density at radius 2 is 2.29 bits per heavy atom. The quantitative estimate of drug-likeness (QED) is 0.774. The number of hydrogen-bond acceptors (Lipinski definition) is 2.